The van der Waals surface area contributed by atoms with Crippen LogP contribution in [-0.2, 0) is 0 Å². The molecule has 1 radical (unpaired) electrons. The molecule has 0 spiro atoms. The Kier molecular flexibility index (Phi) is 11.8. The van der Waals surface area contributed by atoms with Crippen molar-refractivity contribution in [1.82, 2.24) is 0 Å². The molecule has 0 aromatic heterocycles. The summed E-state index contributed by atoms with van der Waals surface area (Å²) >= 11 is 0. The van der Waals surface area contributed by atoms with Crippen LogP contribution in [-0.4, -0.2) is 18.0 Å². The zero-order chi connectivity index (χ0) is 19.4. The molecule has 0 aliphatic rings. The van der Waals surface area contributed by atoms with Crippen LogP contribution in [0.25, 0.3) is 0 Å². The molecule has 0 N–H and O–H groups in total. The maximum absolute atomic E-state index is 13.0. The average molecular weight is 379 g/mol. The van der Waals surface area contributed by atoms with E-state index < -0.39 is 24.4 Å². The zero-order valence-electron chi connectivity index (χ0n) is 14.8. The molecule has 0 saturated heterocycles. The van der Waals surface area contributed by atoms with Crippen LogP contribution in [0.2, 0.25) is 0 Å². The van der Waals surface area contributed by atoms with Crippen molar-refractivity contribution in [2.24, 2.45) is 0 Å². The third-order valence-corrected chi connectivity index (χ3v) is 4.31. The fourth-order valence-corrected chi connectivity index (χ4v) is 2.66. The van der Waals surface area contributed by atoms with E-state index in [0.29, 0.717) is 6.42 Å². The first kappa shape index (κ1) is 24.5. The molecule has 25 heavy (non-hydrogen) atoms. The Morgan fingerprint density at radius 3 is 1.12 bits per heavy atom. The summed E-state index contributed by atoms with van der Waals surface area (Å²) in [6, 6.07) is 0. The molecular weight excluding hydrogens is 349 g/mol. The number of halogens is 7. The Hall–Kier alpha value is -0.490. The number of hydrogen-bond acceptors (Lipinski definition) is 0. The highest BCUT2D eigenvalue weighted by atomic mass is 19.4. The van der Waals surface area contributed by atoms with Crippen LogP contribution in [0.5, 0.6) is 0 Å². The molecule has 0 aromatic carbocycles. The largest absolute Gasteiger partial charge is 0.459 e. The second kappa shape index (κ2) is 12.0. The molecule has 0 amide bonds. The SMILES string of the molecule is [CH2]CCCCCCCCCCCCCCC(F)(F)C(F)(F)C(F)(F)F. The number of hydrogen-bond donors (Lipinski definition) is 0. The van der Waals surface area contributed by atoms with Gasteiger partial charge in [0.2, 0.25) is 0 Å². The van der Waals surface area contributed by atoms with Gasteiger partial charge in [0.1, 0.15) is 0 Å². The third-order valence-electron chi connectivity index (χ3n) is 4.31. The molecule has 0 aliphatic carbocycles. The molecule has 0 bridgehead atoms. The van der Waals surface area contributed by atoms with Gasteiger partial charge >= 0.3 is 18.0 Å². The van der Waals surface area contributed by atoms with E-state index in [9.17, 15) is 30.7 Å². The van der Waals surface area contributed by atoms with E-state index >= 15 is 0 Å². The first-order chi connectivity index (χ1) is 11.6. The molecule has 0 atom stereocenters. The molecule has 0 heterocycles. The second-order valence-corrected chi connectivity index (χ2v) is 6.62. The van der Waals surface area contributed by atoms with Crippen LogP contribution in [0.3, 0.4) is 0 Å². The van der Waals surface area contributed by atoms with E-state index in [1.165, 1.54) is 19.3 Å². The highest BCUT2D eigenvalue weighted by molar-refractivity contribution is 4.90. The summed E-state index contributed by atoms with van der Waals surface area (Å²) in [7, 11) is 0. The van der Waals surface area contributed by atoms with Gasteiger partial charge in [-0.1, -0.05) is 84.0 Å². The fourth-order valence-electron chi connectivity index (χ4n) is 2.66. The van der Waals surface area contributed by atoms with Gasteiger partial charge in [-0.25, -0.2) is 0 Å². The van der Waals surface area contributed by atoms with E-state index in [1.807, 2.05) is 0 Å². The van der Waals surface area contributed by atoms with Gasteiger partial charge in [0, 0.05) is 6.42 Å². The first-order valence-electron chi connectivity index (χ1n) is 9.18. The molecule has 151 valence electrons. The normalized spacial score (nSPS) is 13.4. The molecule has 7 heteroatoms. The molecule has 0 rings (SSSR count). The average Bonchev–Trinajstić information content (AvgIpc) is 2.50. The predicted molar refractivity (Wildman–Crippen MR) is 85.9 cm³/mol. The van der Waals surface area contributed by atoms with Gasteiger partial charge in [-0.3, -0.25) is 0 Å². The first-order valence-corrected chi connectivity index (χ1v) is 9.18. The van der Waals surface area contributed by atoms with Crippen molar-refractivity contribution in [2.45, 2.75) is 108 Å². The molecule has 0 saturated carbocycles. The van der Waals surface area contributed by atoms with Gasteiger partial charge in [-0.15, -0.1) is 0 Å². The molecule has 0 fully saturated rings. The summed E-state index contributed by atoms with van der Waals surface area (Å²) in [6.45, 7) is 3.78. The van der Waals surface area contributed by atoms with Crippen LogP contribution >= 0.6 is 0 Å². The highest BCUT2D eigenvalue weighted by Crippen LogP contribution is 2.48. The number of alkyl halides is 7. The maximum Gasteiger partial charge on any atom is 0.459 e. The molecule has 0 nitrogen and oxygen atoms in total. The summed E-state index contributed by atoms with van der Waals surface area (Å²) in [5.41, 5.74) is 0. The second-order valence-electron chi connectivity index (χ2n) is 6.62. The van der Waals surface area contributed by atoms with Gasteiger partial charge in [0.15, 0.2) is 0 Å². The Balaban J connectivity index is 3.61. The topological polar surface area (TPSA) is 0 Å². The molecule has 0 aliphatic heterocycles. The lowest BCUT2D eigenvalue weighted by Crippen LogP contribution is -2.51. The monoisotopic (exact) mass is 379 g/mol. The lowest BCUT2D eigenvalue weighted by atomic mass is 10.0. The molecule has 0 aromatic rings. The van der Waals surface area contributed by atoms with E-state index in [2.05, 4.69) is 6.92 Å². The smallest absolute Gasteiger partial charge is 0.200 e. The van der Waals surface area contributed by atoms with E-state index in [4.69, 9.17) is 0 Å². The summed E-state index contributed by atoms with van der Waals surface area (Å²) in [4.78, 5) is 0. The minimum absolute atomic E-state index is 0.245. The van der Waals surface area contributed by atoms with Crippen molar-refractivity contribution >= 4 is 0 Å². The van der Waals surface area contributed by atoms with Gasteiger partial charge in [-0.2, -0.15) is 30.7 Å². The van der Waals surface area contributed by atoms with Crippen LogP contribution in [0.1, 0.15) is 89.9 Å². The van der Waals surface area contributed by atoms with E-state index in [-0.39, 0.29) is 12.8 Å². The van der Waals surface area contributed by atoms with Crippen molar-refractivity contribution in [2.75, 3.05) is 0 Å². The molecular formula is C18H30F7. The molecule has 0 unspecified atom stereocenters. The van der Waals surface area contributed by atoms with Crippen LogP contribution in [0.15, 0.2) is 0 Å². The Morgan fingerprint density at radius 1 is 0.480 bits per heavy atom. The van der Waals surface area contributed by atoms with Gasteiger partial charge in [-0.05, 0) is 6.42 Å². The fraction of sp³-hybridized carbons (Fsp3) is 0.944. The quantitative estimate of drug-likeness (QED) is 0.199. The van der Waals surface area contributed by atoms with E-state index in [0.717, 1.165) is 44.9 Å². The van der Waals surface area contributed by atoms with Crippen molar-refractivity contribution in [3.8, 4) is 0 Å². The summed E-state index contributed by atoms with van der Waals surface area (Å²) < 4.78 is 87.3. The zero-order valence-corrected chi connectivity index (χ0v) is 14.8. The lowest BCUT2D eigenvalue weighted by molar-refractivity contribution is -0.355. The minimum Gasteiger partial charge on any atom is -0.200 e. The van der Waals surface area contributed by atoms with Gasteiger partial charge < -0.3 is 0 Å². The summed E-state index contributed by atoms with van der Waals surface area (Å²) in [5, 5.41) is 0. The third kappa shape index (κ3) is 9.69. The van der Waals surface area contributed by atoms with Gasteiger partial charge in [0.05, 0.1) is 0 Å². The van der Waals surface area contributed by atoms with Crippen molar-refractivity contribution < 1.29 is 30.7 Å². The van der Waals surface area contributed by atoms with Crippen LogP contribution in [0.4, 0.5) is 30.7 Å². The Bertz CT molecular complexity index is 324. The van der Waals surface area contributed by atoms with E-state index in [1.54, 1.807) is 0 Å². The number of unbranched alkanes of at least 4 members (excludes halogenated alkanes) is 12. The standard InChI is InChI=1S/C18H30F7/c1-2-3-4-5-6-7-8-9-10-11-12-13-14-15-16(19,20)17(21,22)18(23,24)25/h1-15H2. The summed E-state index contributed by atoms with van der Waals surface area (Å²) in [6.07, 6.45) is 3.64. The Labute approximate surface area is 146 Å². The van der Waals surface area contributed by atoms with Crippen molar-refractivity contribution in [3.05, 3.63) is 6.92 Å². The maximum atomic E-state index is 13.0. The number of rotatable bonds is 15. The Morgan fingerprint density at radius 2 is 0.800 bits per heavy atom. The van der Waals surface area contributed by atoms with Crippen molar-refractivity contribution in [3.63, 3.8) is 0 Å². The highest BCUT2D eigenvalue weighted by Gasteiger charge is 2.72. The predicted octanol–water partition coefficient (Wildman–Crippen LogP) is 8.11. The van der Waals surface area contributed by atoms with Crippen LogP contribution < -0.4 is 0 Å². The van der Waals surface area contributed by atoms with Crippen LogP contribution in [0, 0.1) is 6.92 Å². The lowest BCUT2D eigenvalue weighted by Gasteiger charge is -2.28. The van der Waals surface area contributed by atoms with Gasteiger partial charge in [0.25, 0.3) is 0 Å². The summed E-state index contributed by atoms with van der Waals surface area (Å²) in [5.74, 6) is -11.0. The minimum atomic E-state index is -6.22. The van der Waals surface area contributed by atoms with Crippen molar-refractivity contribution in [1.29, 1.82) is 0 Å².